The summed E-state index contributed by atoms with van der Waals surface area (Å²) in [6.07, 6.45) is 0.596. The predicted molar refractivity (Wildman–Crippen MR) is 76.1 cm³/mol. The van der Waals surface area contributed by atoms with E-state index in [0.717, 1.165) is 23.5 Å². The van der Waals surface area contributed by atoms with Crippen molar-refractivity contribution in [3.05, 3.63) is 47.0 Å². The number of aryl methyl sites for hydroxylation is 2. The molecule has 1 heterocycles. The van der Waals surface area contributed by atoms with E-state index in [9.17, 15) is 4.39 Å². The number of benzene rings is 1. The Hall–Kier alpha value is -1.88. The molecule has 0 radical (unpaired) electrons. The van der Waals surface area contributed by atoms with E-state index in [4.69, 9.17) is 10.5 Å². The van der Waals surface area contributed by atoms with Crippen molar-refractivity contribution in [1.29, 1.82) is 0 Å². The maximum atomic E-state index is 13.2. The number of ether oxygens (including phenoxy) is 1. The summed E-state index contributed by atoms with van der Waals surface area (Å²) in [5.41, 5.74) is 8.31. The molecule has 20 heavy (non-hydrogen) atoms. The lowest BCUT2D eigenvalue weighted by atomic mass is 10.1. The highest BCUT2D eigenvalue weighted by atomic mass is 19.1. The molecule has 2 N–H and O–H groups in total. The van der Waals surface area contributed by atoms with Crippen LogP contribution in [0.15, 0.2) is 24.3 Å². The van der Waals surface area contributed by atoms with Gasteiger partial charge in [-0.2, -0.15) is 5.10 Å². The Morgan fingerprint density at radius 1 is 1.35 bits per heavy atom. The molecule has 2 rings (SSSR count). The van der Waals surface area contributed by atoms with Crippen molar-refractivity contribution in [3.63, 3.8) is 0 Å². The van der Waals surface area contributed by atoms with E-state index in [1.54, 1.807) is 6.07 Å². The first-order valence-electron chi connectivity index (χ1n) is 6.78. The molecule has 0 aliphatic carbocycles. The van der Waals surface area contributed by atoms with E-state index < -0.39 is 0 Å². The van der Waals surface area contributed by atoms with Crippen LogP contribution in [0.5, 0.6) is 5.75 Å². The molecule has 2 aromatic rings. The summed E-state index contributed by atoms with van der Waals surface area (Å²) >= 11 is 0. The minimum absolute atomic E-state index is 0.268. The summed E-state index contributed by atoms with van der Waals surface area (Å²) in [5.74, 6) is 0.411. The maximum Gasteiger partial charge on any atom is 0.130 e. The van der Waals surface area contributed by atoms with Crippen molar-refractivity contribution < 1.29 is 9.13 Å². The second-order valence-corrected chi connectivity index (χ2v) is 4.67. The normalized spacial score (nSPS) is 10.8. The Bertz CT molecular complexity index is 580. The summed E-state index contributed by atoms with van der Waals surface area (Å²) < 4.78 is 21.0. The van der Waals surface area contributed by atoms with Crippen LogP contribution in [0, 0.1) is 12.7 Å². The third-order valence-electron chi connectivity index (χ3n) is 3.10. The molecule has 1 aromatic heterocycles. The van der Waals surface area contributed by atoms with Crippen LogP contribution < -0.4 is 10.5 Å². The zero-order chi connectivity index (χ0) is 14.5. The van der Waals surface area contributed by atoms with Gasteiger partial charge in [0, 0.05) is 6.54 Å². The first kappa shape index (κ1) is 14.5. The number of hydrogen-bond donors (Lipinski definition) is 1. The number of nitrogens with two attached hydrogens (primary N) is 1. The van der Waals surface area contributed by atoms with Gasteiger partial charge in [-0.25, -0.2) is 4.39 Å². The van der Waals surface area contributed by atoms with Crippen molar-refractivity contribution in [3.8, 4) is 5.75 Å². The van der Waals surface area contributed by atoms with Gasteiger partial charge < -0.3 is 10.5 Å². The molecule has 108 valence electrons. The van der Waals surface area contributed by atoms with E-state index in [2.05, 4.69) is 5.10 Å². The van der Waals surface area contributed by atoms with Crippen molar-refractivity contribution in [1.82, 2.24) is 9.78 Å². The van der Waals surface area contributed by atoms with Gasteiger partial charge >= 0.3 is 0 Å². The maximum absolute atomic E-state index is 13.2. The fourth-order valence-electron chi connectivity index (χ4n) is 2.18. The molecule has 0 bridgehead atoms. The molecule has 0 aliphatic heterocycles. The highest BCUT2D eigenvalue weighted by Gasteiger charge is 2.08. The van der Waals surface area contributed by atoms with Gasteiger partial charge in [0.1, 0.15) is 18.2 Å². The minimum Gasteiger partial charge on any atom is -0.487 e. The molecular formula is C15H20FN3O. The Labute approximate surface area is 118 Å². The molecule has 0 fully saturated rings. The number of nitrogens with zero attached hydrogens (tertiary/aromatic N) is 2. The molecule has 5 heteroatoms. The van der Waals surface area contributed by atoms with E-state index in [-0.39, 0.29) is 5.82 Å². The standard InChI is InChI=1S/C15H20FN3O/c1-3-19-14(8-11(2)18-19)10-20-15-5-4-13(16)9-12(15)6-7-17/h4-5,8-9H,3,6-7,10,17H2,1-2H3. The zero-order valence-electron chi connectivity index (χ0n) is 11.9. The van der Waals surface area contributed by atoms with E-state index in [0.29, 0.717) is 25.3 Å². The largest absolute Gasteiger partial charge is 0.487 e. The average molecular weight is 277 g/mol. The Balaban J connectivity index is 2.13. The second-order valence-electron chi connectivity index (χ2n) is 4.67. The topological polar surface area (TPSA) is 53.1 Å². The summed E-state index contributed by atoms with van der Waals surface area (Å²) in [7, 11) is 0. The van der Waals surface area contributed by atoms with Gasteiger partial charge in [-0.15, -0.1) is 0 Å². The lowest BCUT2D eigenvalue weighted by Gasteiger charge is -2.12. The van der Waals surface area contributed by atoms with Crippen LogP contribution in [0.4, 0.5) is 4.39 Å². The monoisotopic (exact) mass is 277 g/mol. The molecule has 0 amide bonds. The van der Waals surface area contributed by atoms with Crippen LogP contribution in [0.1, 0.15) is 23.9 Å². The third-order valence-corrected chi connectivity index (χ3v) is 3.10. The molecule has 0 saturated heterocycles. The van der Waals surface area contributed by atoms with Gasteiger partial charge in [0.05, 0.1) is 11.4 Å². The van der Waals surface area contributed by atoms with Crippen LogP contribution in [0.25, 0.3) is 0 Å². The van der Waals surface area contributed by atoms with Gasteiger partial charge in [0.25, 0.3) is 0 Å². The van der Waals surface area contributed by atoms with Crippen molar-refractivity contribution in [2.24, 2.45) is 5.73 Å². The van der Waals surface area contributed by atoms with Crippen molar-refractivity contribution in [2.75, 3.05) is 6.54 Å². The number of rotatable bonds is 6. The highest BCUT2D eigenvalue weighted by Crippen LogP contribution is 2.21. The fourth-order valence-corrected chi connectivity index (χ4v) is 2.18. The SMILES string of the molecule is CCn1nc(C)cc1COc1ccc(F)cc1CCN. The summed E-state index contributed by atoms with van der Waals surface area (Å²) in [5, 5.41) is 4.37. The molecule has 4 nitrogen and oxygen atoms in total. The minimum atomic E-state index is -0.268. The third kappa shape index (κ3) is 3.36. The van der Waals surface area contributed by atoms with E-state index >= 15 is 0 Å². The summed E-state index contributed by atoms with van der Waals surface area (Å²) in [4.78, 5) is 0. The Morgan fingerprint density at radius 3 is 2.85 bits per heavy atom. The summed E-state index contributed by atoms with van der Waals surface area (Å²) in [6, 6.07) is 6.53. The number of aromatic nitrogens is 2. The van der Waals surface area contributed by atoms with Gasteiger partial charge in [-0.3, -0.25) is 4.68 Å². The molecule has 1 aromatic carbocycles. The lowest BCUT2D eigenvalue weighted by molar-refractivity contribution is 0.289. The Morgan fingerprint density at radius 2 is 2.15 bits per heavy atom. The van der Waals surface area contributed by atoms with E-state index in [1.165, 1.54) is 12.1 Å². The highest BCUT2D eigenvalue weighted by molar-refractivity contribution is 5.34. The first-order chi connectivity index (χ1) is 9.63. The predicted octanol–water partition coefficient (Wildman–Crippen LogP) is 2.43. The quantitative estimate of drug-likeness (QED) is 0.882. The molecule has 0 spiro atoms. The number of halogens is 1. The average Bonchev–Trinajstić information content (AvgIpc) is 2.78. The Kier molecular flexibility index (Phi) is 4.74. The van der Waals surface area contributed by atoms with Gasteiger partial charge in [-0.05, 0) is 56.6 Å². The smallest absolute Gasteiger partial charge is 0.130 e. The van der Waals surface area contributed by atoms with Crippen LogP contribution >= 0.6 is 0 Å². The molecule has 0 unspecified atom stereocenters. The molecule has 0 aliphatic rings. The number of hydrogen-bond acceptors (Lipinski definition) is 3. The van der Waals surface area contributed by atoms with E-state index in [1.807, 2.05) is 24.6 Å². The second kappa shape index (κ2) is 6.52. The van der Waals surface area contributed by atoms with Crippen LogP contribution in [-0.4, -0.2) is 16.3 Å². The molecule has 0 atom stereocenters. The van der Waals surface area contributed by atoms with Crippen LogP contribution in [0.2, 0.25) is 0 Å². The van der Waals surface area contributed by atoms with Gasteiger partial charge in [0.15, 0.2) is 0 Å². The van der Waals surface area contributed by atoms with Crippen LogP contribution in [-0.2, 0) is 19.6 Å². The molecule has 0 saturated carbocycles. The van der Waals surface area contributed by atoms with Crippen molar-refractivity contribution in [2.45, 2.75) is 33.4 Å². The fraction of sp³-hybridized carbons (Fsp3) is 0.400. The lowest BCUT2D eigenvalue weighted by Crippen LogP contribution is -2.08. The molecular weight excluding hydrogens is 257 g/mol. The van der Waals surface area contributed by atoms with Crippen LogP contribution in [0.3, 0.4) is 0 Å². The van der Waals surface area contributed by atoms with Crippen molar-refractivity contribution >= 4 is 0 Å². The van der Waals surface area contributed by atoms with Gasteiger partial charge in [-0.1, -0.05) is 0 Å². The summed E-state index contributed by atoms with van der Waals surface area (Å²) in [6.45, 7) is 5.66. The zero-order valence-corrected chi connectivity index (χ0v) is 11.9. The van der Waals surface area contributed by atoms with Gasteiger partial charge in [0.2, 0.25) is 0 Å². The first-order valence-corrected chi connectivity index (χ1v) is 6.78.